The molecule has 1 aliphatic heterocycles. The number of methoxy groups -OCH3 is 1. The zero-order chi connectivity index (χ0) is 13.0. The fourth-order valence-corrected chi connectivity index (χ4v) is 2.17. The van der Waals surface area contributed by atoms with E-state index in [9.17, 15) is 4.79 Å². The van der Waals surface area contributed by atoms with Gasteiger partial charge in [-0.15, -0.1) is 0 Å². The molecule has 1 amide bonds. The van der Waals surface area contributed by atoms with Crippen LogP contribution in [0.2, 0.25) is 0 Å². The minimum Gasteiger partial charge on any atom is -0.497 e. The molecule has 0 radical (unpaired) electrons. The molecule has 1 heterocycles. The Bertz CT molecular complexity index is 403. The van der Waals surface area contributed by atoms with Crippen molar-refractivity contribution in [2.75, 3.05) is 31.6 Å². The Morgan fingerprint density at radius 1 is 1.33 bits per heavy atom. The highest BCUT2D eigenvalue weighted by Gasteiger charge is 2.20. The van der Waals surface area contributed by atoms with Gasteiger partial charge in [-0.2, -0.15) is 0 Å². The van der Waals surface area contributed by atoms with Crippen molar-refractivity contribution in [2.45, 2.75) is 13.3 Å². The van der Waals surface area contributed by atoms with Crippen molar-refractivity contribution in [1.29, 1.82) is 0 Å². The summed E-state index contributed by atoms with van der Waals surface area (Å²) in [6.45, 7) is 4.63. The second-order valence-corrected chi connectivity index (χ2v) is 4.76. The van der Waals surface area contributed by atoms with Crippen molar-refractivity contribution < 1.29 is 9.53 Å². The number of nitrogens with one attached hydrogen (secondary N) is 1. The lowest BCUT2D eigenvalue weighted by atomic mass is 10.1. The quantitative estimate of drug-likeness (QED) is 0.865. The van der Waals surface area contributed by atoms with Crippen LogP contribution >= 0.6 is 0 Å². The number of carbonyl (C=O) groups is 1. The lowest BCUT2D eigenvalue weighted by Gasteiger charge is -2.29. The van der Waals surface area contributed by atoms with Crippen LogP contribution in [0.3, 0.4) is 0 Å². The maximum Gasteiger partial charge on any atom is 0.228 e. The summed E-state index contributed by atoms with van der Waals surface area (Å²) in [5, 5.41) is 3.29. The van der Waals surface area contributed by atoms with E-state index < -0.39 is 0 Å². The summed E-state index contributed by atoms with van der Waals surface area (Å²) in [4.78, 5) is 14.0. The van der Waals surface area contributed by atoms with Crippen molar-refractivity contribution >= 4 is 11.6 Å². The van der Waals surface area contributed by atoms with Crippen LogP contribution in [-0.4, -0.2) is 32.7 Å². The first-order chi connectivity index (χ1) is 8.70. The number of nitrogens with zero attached hydrogens (tertiary/aromatic N) is 1. The molecule has 1 N–H and O–H groups in total. The maximum atomic E-state index is 12.1. The zero-order valence-electron chi connectivity index (χ0n) is 11.0. The highest BCUT2D eigenvalue weighted by atomic mass is 16.5. The Kier molecular flexibility index (Phi) is 4.20. The summed E-state index contributed by atoms with van der Waals surface area (Å²) in [6.07, 6.45) is 0.554. The highest BCUT2D eigenvalue weighted by Crippen LogP contribution is 2.21. The van der Waals surface area contributed by atoms with Crippen LogP contribution in [0.1, 0.15) is 13.3 Å². The van der Waals surface area contributed by atoms with Gasteiger partial charge < -0.3 is 15.0 Å². The Morgan fingerprint density at radius 2 is 2.06 bits per heavy atom. The number of rotatable bonds is 2. The van der Waals surface area contributed by atoms with Crippen molar-refractivity contribution in [3.8, 4) is 5.75 Å². The molecular formula is C14H20N2O2. The molecule has 1 aromatic rings. The van der Waals surface area contributed by atoms with E-state index in [0.717, 1.165) is 31.1 Å². The predicted molar refractivity (Wildman–Crippen MR) is 72.0 cm³/mol. The van der Waals surface area contributed by atoms with Gasteiger partial charge in [0, 0.05) is 25.2 Å². The zero-order valence-corrected chi connectivity index (χ0v) is 11.0. The Hall–Kier alpha value is -1.55. The van der Waals surface area contributed by atoms with E-state index in [1.807, 2.05) is 29.2 Å². The van der Waals surface area contributed by atoms with Gasteiger partial charge in [0.05, 0.1) is 7.11 Å². The van der Waals surface area contributed by atoms with Gasteiger partial charge >= 0.3 is 0 Å². The summed E-state index contributed by atoms with van der Waals surface area (Å²) >= 11 is 0. The number of hydrogen-bond acceptors (Lipinski definition) is 3. The first-order valence-corrected chi connectivity index (χ1v) is 6.36. The molecular weight excluding hydrogens is 228 g/mol. The summed E-state index contributed by atoms with van der Waals surface area (Å²) in [5.74, 6) is 1.45. The van der Waals surface area contributed by atoms with Gasteiger partial charge in [0.2, 0.25) is 5.91 Å². The molecule has 0 spiro atoms. The monoisotopic (exact) mass is 248 g/mol. The van der Waals surface area contributed by atoms with Gasteiger partial charge in [-0.05, 0) is 36.7 Å². The smallest absolute Gasteiger partial charge is 0.228 e. The molecule has 1 unspecified atom stereocenters. The predicted octanol–water partition coefficient (Wildman–Crippen LogP) is 1.66. The van der Waals surface area contributed by atoms with E-state index in [1.54, 1.807) is 7.11 Å². The average molecular weight is 248 g/mol. The Morgan fingerprint density at radius 3 is 2.72 bits per heavy atom. The van der Waals surface area contributed by atoms with E-state index in [1.165, 1.54) is 0 Å². The standard InChI is InChI=1S/C14H20N2O2/c1-11-9-15-8-7-14(17)16(10-11)12-3-5-13(18-2)6-4-12/h3-6,11,15H,7-10H2,1-2H3. The molecule has 2 rings (SSSR count). The third kappa shape index (κ3) is 3.01. The van der Waals surface area contributed by atoms with Crippen LogP contribution in [0.5, 0.6) is 5.75 Å². The normalized spacial score (nSPS) is 21.3. The second kappa shape index (κ2) is 5.87. The summed E-state index contributed by atoms with van der Waals surface area (Å²) in [7, 11) is 1.64. The molecule has 0 bridgehead atoms. The molecule has 1 atom stereocenters. The number of benzene rings is 1. The van der Waals surface area contributed by atoms with Crippen LogP contribution in [0.15, 0.2) is 24.3 Å². The number of carbonyl (C=O) groups excluding carboxylic acids is 1. The van der Waals surface area contributed by atoms with Gasteiger partial charge in [0.25, 0.3) is 0 Å². The highest BCUT2D eigenvalue weighted by molar-refractivity contribution is 5.93. The first kappa shape index (κ1) is 12.9. The van der Waals surface area contributed by atoms with Gasteiger partial charge in [0.1, 0.15) is 5.75 Å². The summed E-state index contributed by atoms with van der Waals surface area (Å²) in [5.41, 5.74) is 0.953. The first-order valence-electron chi connectivity index (χ1n) is 6.36. The molecule has 1 aromatic carbocycles. The van der Waals surface area contributed by atoms with Crippen molar-refractivity contribution in [3.63, 3.8) is 0 Å². The fraction of sp³-hybridized carbons (Fsp3) is 0.500. The van der Waals surface area contributed by atoms with Crippen molar-refractivity contribution in [2.24, 2.45) is 5.92 Å². The largest absolute Gasteiger partial charge is 0.497 e. The average Bonchev–Trinajstić information content (AvgIpc) is 2.39. The molecule has 0 aromatic heterocycles. The van der Waals surface area contributed by atoms with Gasteiger partial charge in [-0.1, -0.05) is 6.92 Å². The Labute approximate surface area is 108 Å². The van der Waals surface area contributed by atoms with E-state index >= 15 is 0 Å². The van der Waals surface area contributed by atoms with E-state index in [4.69, 9.17) is 4.74 Å². The number of ether oxygens (including phenoxy) is 1. The van der Waals surface area contributed by atoms with Crippen molar-refractivity contribution in [1.82, 2.24) is 5.32 Å². The number of anilines is 1. The molecule has 0 aliphatic carbocycles. The van der Waals surface area contributed by atoms with Gasteiger partial charge in [0.15, 0.2) is 0 Å². The third-order valence-corrected chi connectivity index (χ3v) is 3.19. The minimum atomic E-state index is 0.180. The minimum absolute atomic E-state index is 0.180. The molecule has 4 heteroatoms. The maximum absolute atomic E-state index is 12.1. The number of hydrogen-bond donors (Lipinski definition) is 1. The topological polar surface area (TPSA) is 41.6 Å². The van der Waals surface area contributed by atoms with Crippen LogP contribution in [-0.2, 0) is 4.79 Å². The lowest BCUT2D eigenvalue weighted by molar-refractivity contribution is -0.118. The number of amides is 1. The molecule has 98 valence electrons. The molecule has 1 saturated heterocycles. The fourth-order valence-electron chi connectivity index (χ4n) is 2.17. The van der Waals surface area contributed by atoms with Crippen LogP contribution in [0.25, 0.3) is 0 Å². The molecule has 0 saturated carbocycles. The lowest BCUT2D eigenvalue weighted by Crippen LogP contribution is -2.42. The summed E-state index contributed by atoms with van der Waals surface area (Å²) < 4.78 is 5.14. The molecule has 4 nitrogen and oxygen atoms in total. The molecule has 18 heavy (non-hydrogen) atoms. The van der Waals surface area contributed by atoms with Crippen LogP contribution < -0.4 is 15.0 Å². The van der Waals surface area contributed by atoms with Gasteiger partial charge in [-0.25, -0.2) is 0 Å². The van der Waals surface area contributed by atoms with E-state index in [-0.39, 0.29) is 5.91 Å². The second-order valence-electron chi connectivity index (χ2n) is 4.76. The van der Waals surface area contributed by atoms with Crippen LogP contribution in [0, 0.1) is 5.92 Å². The van der Waals surface area contributed by atoms with Crippen molar-refractivity contribution in [3.05, 3.63) is 24.3 Å². The SMILES string of the molecule is COc1ccc(N2CC(C)CNCCC2=O)cc1. The summed E-state index contributed by atoms with van der Waals surface area (Å²) in [6, 6.07) is 7.67. The third-order valence-electron chi connectivity index (χ3n) is 3.19. The van der Waals surface area contributed by atoms with E-state index in [0.29, 0.717) is 12.3 Å². The molecule has 1 fully saturated rings. The van der Waals surface area contributed by atoms with E-state index in [2.05, 4.69) is 12.2 Å². The van der Waals surface area contributed by atoms with Crippen LogP contribution in [0.4, 0.5) is 5.69 Å². The Balaban J connectivity index is 2.18. The van der Waals surface area contributed by atoms with Gasteiger partial charge in [-0.3, -0.25) is 4.79 Å². The molecule has 1 aliphatic rings.